The predicted octanol–water partition coefficient (Wildman–Crippen LogP) is 3.60. The molecular formula is C20H20O5. The molecule has 0 amide bonds. The van der Waals surface area contributed by atoms with Crippen molar-refractivity contribution >= 4 is 11.0 Å². The molecule has 0 aliphatic carbocycles. The SMILES string of the molecule is COc1cc(CCc2cc(=O)c3ccccc3o2)cc(OC)c1OC. The zero-order chi connectivity index (χ0) is 17.8. The highest BCUT2D eigenvalue weighted by Crippen LogP contribution is 2.38. The largest absolute Gasteiger partial charge is 0.493 e. The van der Waals surface area contributed by atoms with Crippen LogP contribution in [0, 0.1) is 0 Å². The van der Waals surface area contributed by atoms with Gasteiger partial charge in [0.15, 0.2) is 16.9 Å². The molecular weight excluding hydrogens is 320 g/mol. The van der Waals surface area contributed by atoms with E-state index in [2.05, 4.69) is 0 Å². The molecule has 3 aromatic rings. The Kier molecular flexibility index (Phi) is 4.93. The molecule has 5 heteroatoms. The number of rotatable bonds is 6. The fraction of sp³-hybridized carbons (Fsp3) is 0.250. The summed E-state index contributed by atoms with van der Waals surface area (Å²) in [4.78, 5) is 12.2. The Hall–Kier alpha value is -2.95. The maximum Gasteiger partial charge on any atom is 0.203 e. The molecule has 1 aromatic heterocycles. The smallest absolute Gasteiger partial charge is 0.203 e. The summed E-state index contributed by atoms with van der Waals surface area (Å²) in [6, 6.07) is 12.6. The second kappa shape index (κ2) is 7.30. The van der Waals surface area contributed by atoms with Crippen molar-refractivity contribution < 1.29 is 18.6 Å². The van der Waals surface area contributed by atoms with Gasteiger partial charge in [0, 0.05) is 12.5 Å². The molecule has 3 rings (SSSR count). The second-order valence-electron chi connectivity index (χ2n) is 5.61. The van der Waals surface area contributed by atoms with Gasteiger partial charge in [-0.1, -0.05) is 12.1 Å². The number of fused-ring (bicyclic) bond motifs is 1. The third-order valence-corrected chi connectivity index (χ3v) is 4.07. The van der Waals surface area contributed by atoms with Gasteiger partial charge in [-0.3, -0.25) is 4.79 Å². The summed E-state index contributed by atoms with van der Waals surface area (Å²) in [5.74, 6) is 2.43. The molecule has 25 heavy (non-hydrogen) atoms. The number of ether oxygens (including phenoxy) is 3. The van der Waals surface area contributed by atoms with Crippen LogP contribution in [-0.4, -0.2) is 21.3 Å². The molecule has 0 bridgehead atoms. The van der Waals surface area contributed by atoms with Gasteiger partial charge in [0.05, 0.1) is 26.7 Å². The summed E-state index contributed by atoms with van der Waals surface area (Å²) >= 11 is 0. The average Bonchev–Trinajstić information content (AvgIpc) is 2.65. The van der Waals surface area contributed by atoms with Crippen LogP contribution in [0.5, 0.6) is 17.2 Å². The van der Waals surface area contributed by atoms with Crippen molar-refractivity contribution in [2.24, 2.45) is 0 Å². The van der Waals surface area contributed by atoms with E-state index < -0.39 is 0 Å². The monoisotopic (exact) mass is 340 g/mol. The number of hydrogen-bond acceptors (Lipinski definition) is 5. The highest BCUT2D eigenvalue weighted by molar-refractivity contribution is 5.76. The molecule has 0 unspecified atom stereocenters. The number of para-hydroxylation sites is 1. The van der Waals surface area contributed by atoms with E-state index in [1.54, 1.807) is 39.5 Å². The summed E-state index contributed by atoms with van der Waals surface area (Å²) in [6.45, 7) is 0. The van der Waals surface area contributed by atoms with Gasteiger partial charge >= 0.3 is 0 Å². The van der Waals surface area contributed by atoms with Gasteiger partial charge in [-0.25, -0.2) is 0 Å². The summed E-state index contributed by atoms with van der Waals surface area (Å²) < 4.78 is 21.9. The third kappa shape index (κ3) is 3.45. The van der Waals surface area contributed by atoms with E-state index in [0.717, 1.165) is 5.56 Å². The van der Waals surface area contributed by atoms with Gasteiger partial charge in [-0.05, 0) is 36.2 Å². The van der Waals surface area contributed by atoms with Crippen LogP contribution in [0.2, 0.25) is 0 Å². The molecule has 0 spiro atoms. The first kappa shape index (κ1) is 16.9. The molecule has 0 saturated heterocycles. The van der Waals surface area contributed by atoms with Crippen LogP contribution in [0.1, 0.15) is 11.3 Å². The summed E-state index contributed by atoms with van der Waals surface area (Å²) in [7, 11) is 4.75. The Morgan fingerprint density at radius 2 is 1.56 bits per heavy atom. The van der Waals surface area contributed by atoms with Gasteiger partial charge in [-0.2, -0.15) is 0 Å². The van der Waals surface area contributed by atoms with Gasteiger partial charge in [0.1, 0.15) is 11.3 Å². The lowest BCUT2D eigenvalue weighted by Gasteiger charge is -2.14. The Balaban J connectivity index is 1.87. The van der Waals surface area contributed by atoms with E-state index in [4.69, 9.17) is 18.6 Å². The number of hydrogen-bond donors (Lipinski definition) is 0. The lowest BCUT2D eigenvalue weighted by molar-refractivity contribution is 0.323. The lowest BCUT2D eigenvalue weighted by atomic mass is 10.1. The minimum atomic E-state index is -0.0262. The molecule has 130 valence electrons. The van der Waals surface area contributed by atoms with E-state index >= 15 is 0 Å². The zero-order valence-electron chi connectivity index (χ0n) is 14.5. The quantitative estimate of drug-likeness (QED) is 0.686. The molecule has 0 atom stereocenters. The Labute approximate surface area is 145 Å². The van der Waals surface area contributed by atoms with Crippen molar-refractivity contribution in [1.29, 1.82) is 0 Å². The van der Waals surface area contributed by atoms with Crippen LogP contribution in [0.3, 0.4) is 0 Å². The molecule has 0 saturated carbocycles. The molecule has 2 aromatic carbocycles. The number of benzene rings is 2. The number of aryl methyl sites for hydroxylation is 2. The van der Waals surface area contributed by atoms with E-state index in [9.17, 15) is 4.79 Å². The van der Waals surface area contributed by atoms with Gasteiger partial charge < -0.3 is 18.6 Å². The standard InChI is InChI=1S/C20H20O5/c1-22-18-10-13(11-19(23-2)20(18)24-3)8-9-14-12-16(21)15-6-4-5-7-17(15)25-14/h4-7,10-12H,8-9H2,1-3H3. The van der Waals surface area contributed by atoms with E-state index in [1.165, 1.54) is 0 Å². The summed E-state index contributed by atoms with van der Waals surface area (Å²) in [5, 5.41) is 0.596. The van der Waals surface area contributed by atoms with Gasteiger partial charge in [0.25, 0.3) is 0 Å². The molecule has 0 aliphatic rings. The van der Waals surface area contributed by atoms with Crippen molar-refractivity contribution in [2.45, 2.75) is 12.8 Å². The molecule has 0 radical (unpaired) electrons. The van der Waals surface area contributed by atoms with Crippen LogP contribution in [-0.2, 0) is 12.8 Å². The van der Waals surface area contributed by atoms with Crippen LogP contribution < -0.4 is 19.6 Å². The number of methoxy groups -OCH3 is 3. The molecule has 0 aliphatic heterocycles. The van der Waals surface area contributed by atoms with Crippen molar-refractivity contribution in [3.05, 3.63) is 64.0 Å². The topological polar surface area (TPSA) is 57.9 Å². The van der Waals surface area contributed by atoms with E-state index in [1.807, 2.05) is 24.3 Å². The molecule has 1 heterocycles. The summed E-state index contributed by atoms with van der Waals surface area (Å²) in [5.41, 5.74) is 1.59. The molecule has 5 nitrogen and oxygen atoms in total. The first-order valence-corrected chi connectivity index (χ1v) is 7.97. The summed E-state index contributed by atoms with van der Waals surface area (Å²) in [6.07, 6.45) is 1.27. The molecule has 0 fully saturated rings. The Morgan fingerprint density at radius 3 is 2.20 bits per heavy atom. The predicted molar refractivity (Wildman–Crippen MR) is 96.0 cm³/mol. The van der Waals surface area contributed by atoms with Crippen LogP contribution in [0.15, 0.2) is 51.7 Å². The Bertz CT molecular complexity index is 917. The zero-order valence-corrected chi connectivity index (χ0v) is 14.5. The first-order valence-electron chi connectivity index (χ1n) is 7.97. The van der Waals surface area contributed by atoms with Crippen molar-refractivity contribution in [1.82, 2.24) is 0 Å². The normalized spacial score (nSPS) is 10.7. The third-order valence-electron chi connectivity index (χ3n) is 4.07. The lowest BCUT2D eigenvalue weighted by Crippen LogP contribution is -2.03. The van der Waals surface area contributed by atoms with Crippen LogP contribution in [0.4, 0.5) is 0 Å². The second-order valence-corrected chi connectivity index (χ2v) is 5.61. The average molecular weight is 340 g/mol. The fourth-order valence-electron chi connectivity index (χ4n) is 2.82. The maximum absolute atomic E-state index is 12.2. The van der Waals surface area contributed by atoms with Crippen LogP contribution in [0.25, 0.3) is 11.0 Å². The first-order chi connectivity index (χ1) is 12.2. The minimum Gasteiger partial charge on any atom is -0.493 e. The van der Waals surface area contributed by atoms with Crippen molar-refractivity contribution in [2.75, 3.05) is 21.3 Å². The Morgan fingerprint density at radius 1 is 0.880 bits per heavy atom. The maximum atomic E-state index is 12.2. The highest BCUT2D eigenvalue weighted by Gasteiger charge is 2.13. The van der Waals surface area contributed by atoms with Gasteiger partial charge in [-0.15, -0.1) is 0 Å². The van der Waals surface area contributed by atoms with Crippen molar-refractivity contribution in [3.8, 4) is 17.2 Å². The highest BCUT2D eigenvalue weighted by atomic mass is 16.5. The molecule has 0 N–H and O–H groups in total. The van der Waals surface area contributed by atoms with Gasteiger partial charge in [0.2, 0.25) is 5.75 Å². The fourth-order valence-corrected chi connectivity index (χ4v) is 2.82. The minimum absolute atomic E-state index is 0.0262. The van der Waals surface area contributed by atoms with E-state index in [-0.39, 0.29) is 5.43 Å². The van der Waals surface area contributed by atoms with Crippen molar-refractivity contribution in [3.63, 3.8) is 0 Å². The van der Waals surface area contributed by atoms with E-state index in [0.29, 0.717) is 46.8 Å². The van der Waals surface area contributed by atoms with Crippen LogP contribution >= 0.6 is 0 Å².